The number of nitrogens with one attached hydrogen (secondary N) is 1. The number of thiophene rings is 1. The van der Waals surface area contributed by atoms with Gasteiger partial charge in [-0.2, -0.15) is 0 Å². The van der Waals surface area contributed by atoms with Gasteiger partial charge in [-0.15, -0.1) is 11.3 Å². The lowest BCUT2D eigenvalue weighted by molar-refractivity contribution is 0.103. The molecule has 0 atom stereocenters. The maximum absolute atomic E-state index is 12.1. The van der Waals surface area contributed by atoms with E-state index < -0.39 is 0 Å². The van der Waals surface area contributed by atoms with E-state index in [1.807, 2.05) is 30.5 Å². The van der Waals surface area contributed by atoms with Crippen molar-refractivity contribution in [3.05, 3.63) is 46.2 Å². The van der Waals surface area contributed by atoms with Crippen LogP contribution in [0.25, 0.3) is 0 Å². The minimum Gasteiger partial charge on any atom is -0.397 e. The van der Waals surface area contributed by atoms with Gasteiger partial charge in [-0.1, -0.05) is 19.1 Å². The van der Waals surface area contributed by atoms with Crippen molar-refractivity contribution in [2.75, 3.05) is 11.1 Å². The van der Waals surface area contributed by atoms with Gasteiger partial charge in [0.1, 0.15) is 0 Å². The van der Waals surface area contributed by atoms with Gasteiger partial charge in [0.15, 0.2) is 0 Å². The fourth-order valence-electron chi connectivity index (χ4n) is 1.60. The Morgan fingerprint density at radius 3 is 2.82 bits per heavy atom. The highest BCUT2D eigenvalue weighted by Gasteiger charge is 2.12. The molecular weight excluding hydrogens is 232 g/mol. The summed E-state index contributed by atoms with van der Waals surface area (Å²) in [5, 5.41) is 4.77. The van der Waals surface area contributed by atoms with Crippen molar-refractivity contribution in [2.45, 2.75) is 13.3 Å². The van der Waals surface area contributed by atoms with E-state index in [2.05, 4.69) is 5.32 Å². The Hall–Kier alpha value is -1.81. The number of amides is 1. The molecule has 0 aliphatic heterocycles. The summed E-state index contributed by atoms with van der Waals surface area (Å²) in [5.74, 6) is -0.0882. The number of hydrogen-bond acceptors (Lipinski definition) is 3. The monoisotopic (exact) mass is 246 g/mol. The lowest BCUT2D eigenvalue weighted by Crippen LogP contribution is -2.13. The molecule has 0 unspecified atom stereocenters. The third-order valence-corrected chi connectivity index (χ3v) is 3.50. The van der Waals surface area contributed by atoms with Crippen LogP contribution < -0.4 is 11.1 Å². The van der Waals surface area contributed by atoms with E-state index in [9.17, 15) is 4.79 Å². The second-order valence-electron chi connectivity index (χ2n) is 3.67. The van der Waals surface area contributed by atoms with Crippen LogP contribution in [0.1, 0.15) is 22.2 Å². The first kappa shape index (κ1) is 11.7. The molecule has 2 rings (SSSR count). The van der Waals surface area contributed by atoms with Crippen LogP contribution >= 0.6 is 11.3 Å². The molecule has 3 nitrogen and oxygen atoms in total. The molecule has 1 aromatic carbocycles. The lowest BCUT2D eigenvalue weighted by atomic mass is 10.2. The number of para-hydroxylation sites is 2. The minimum atomic E-state index is -0.0882. The van der Waals surface area contributed by atoms with Gasteiger partial charge in [-0.25, -0.2) is 0 Å². The lowest BCUT2D eigenvalue weighted by Gasteiger charge is -2.07. The second-order valence-corrected chi connectivity index (χ2v) is 4.59. The number of benzene rings is 1. The maximum atomic E-state index is 12.1. The van der Waals surface area contributed by atoms with Crippen molar-refractivity contribution in [3.63, 3.8) is 0 Å². The van der Waals surface area contributed by atoms with E-state index in [-0.39, 0.29) is 5.91 Å². The molecule has 1 heterocycles. The summed E-state index contributed by atoms with van der Waals surface area (Å²) in [7, 11) is 0. The topological polar surface area (TPSA) is 55.1 Å². The summed E-state index contributed by atoms with van der Waals surface area (Å²) in [6, 6.07) is 9.24. The largest absolute Gasteiger partial charge is 0.397 e. The quantitative estimate of drug-likeness (QED) is 0.817. The molecule has 1 aromatic heterocycles. The van der Waals surface area contributed by atoms with Crippen LogP contribution in [0.5, 0.6) is 0 Å². The maximum Gasteiger partial charge on any atom is 0.266 e. The van der Waals surface area contributed by atoms with Crippen LogP contribution in [0, 0.1) is 0 Å². The first-order chi connectivity index (χ1) is 8.22. The highest BCUT2D eigenvalue weighted by Crippen LogP contribution is 2.22. The SMILES string of the molecule is CCc1ccsc1C(=O)Nc1ccccc1N. The third-order valence-electron chi connectivity index (χ3n) is 2.54. The molecule has 0 aliphatic carbocycles. The van der Waals surface area contributed by atoms with Gasteiger partial charge in [0.05, 0.1) is 16.3 Å². The summed E-state index contributed by atoms with van der Waals surface area (Å²) in [5.41, 5.74) is 8.09. The van der Waals surface area contributed by atoms with Gasteiger partial charge in [-0.05, 0) is 35.6 Å². The van der Waals surface area contributed by atoms with Crippen molar-refractivity contribution in [1.82, 2.24) is 0 Å². The molecule has 88 valence electrons. The van der Waals surface area contributed by atoms with Crippen LogP contribution in [0.3, 0.4) is 0 Å². The molecule has 1 amide bonds. The number of anilines is 2. The van der Waals surface area contributed by atoms with Gasteiger partial charge in [0.2, 0.25) is 0 Å². The molecule has 3 N–H and O–H groups in total. The van der Waals surface area contributed by atoms with E-state index >= 15 is 0 Å². The molecule has 2 aromatic rings. The standard InChI is InChI=1S/C13H14N2OS/c1-2-9-7-8-17-12(9)13(16)15-11-6-4-3-5-10(11)14/h3-8H,2,14H2,1H3,(H,15,16). The second kappa shape index (κ2) is 5.01. The minimum absolute atomic E-state index is 0.0882. The van der Waals surface area contributed by atoms with Crippen LogP contribution in [0.15, 0.2) is 35.7 Å². The zero-order chi connectivity index (χ0) is 12.3. The number of hydrogen-bond donors (Lipinski definition) is 2. The van der Waals surface area contributed by atoms with Crippen molar-refractivity contribution in [3.8, 4) is 0 Å². The Morgan fingerprint density at radius 2 is 2.12 bits per heavy atom. The number of nitrogen functional groups attached to an aromatic ring is 1. The summed E-state index contributed by atoms with van der Waals surface area (Å²) >= 11 is 1.45. The highest BCUT2D eigenvalue weighted by atomic mass is 32.1. The van der Waals surface area contributed by atoms with E-state index in [4.69, 9.17) is 5.73 Å². The van der Waals surface area contributed by atoms with Gasteiger partial charge >= 0.3 is 0 Å². The molecule has 0 saturated heterocycles. The summed E-state index contributed by atoms with van der Waals surface area (Å²) in [4.78, 5) is 12.8. The predicted octanol–water partition coefficient (Wildman–Crippen LogP) is 3.15. The molecule has 0 bridgehead atoms. The number of nitrogens with two attached hydrogens (primary N) is 1. The van der Waals surface area contributed by atoms with Crippen molar-refractivity contribution >= 4 is 28.6 Å². The average molecular weight is 246 g/mol. The summed E-state index contributed by atoms with van der Waals surface area (Å²) < 4.78 is 0. The van der Waals surface area contributed by atoms with Gasteiger partial charge < -0.3 is 11.1 Å². The Morgan fingerprint density at radius 1 is 1.35 bits per heavy atom. The molecule has 0 radical (unpaired) electrons. The van der Waals surface area contributed by atoms with Gasteiger partial charge in [0.25, 0.3) is 5.91 Å². The number of aryl methyl sites for hydroxylation is 1. The van der Waals surface area contributed by atoms with E-state index in [0.29, 0.717) is 11.4 Å². The zero-order valence-corrected chi connectivity index (χ0v) is 10.4. The third kappa shape index (κ3) is 2.47. The normalized spacial score (nSPS) is 10.2. The molecule has 0 aliphatic rings. The van der Waals surface area contributed by atoms with Crippen molar-refractivity contribution in [1.29, 1.82) is 0 Å². The molecule has 0 saturated carbocycles. The Bertz CT molecular complexity index is 534. The van der Waals surface area contributed by atoms with Gasteiger partial charge in [-0.3, -0.25) is 4.79 Å². The van der Waals surface area contributed by atoms with E-state index in [1.54, 1.807) is 12.1 Å². The van der Waals surface area contributed by atoms with Crippen LogP contribution in [-0.4, -0.2) is 5.91 Å². The highest BCUT2D eigenvalue weighted by molar-refractivity contribution is 7.12. The average Bonchev–Trinajstić information content (AvgIpc) is 2.80. The fourth-order valence-corrected chi connectivity index (χ4v) is 2.49. The van der Waals surface area contributed by atoms with Crippen LogP contribution in [0.2, 0.25) is 0 Å². The Balaban J connectivity index is 2.20. The van der Waals surface area contributed by atoms with Crippen molar-refractivity contribution < 1.29 is 4.79 Å². The van der Waals surface area contributed by atoms with Gasteiger partial charge in [0, 0.05) is 0 Å². The van der Waals surface area contributed by atoms with E-state index in [1.165, 1.54) is 11.3 Å². The Labute approximate surface area is 104 Å². The molecule has 0 spiro atoms. The molecule has 0 fully saturated rings. The number of carbonyl (C=O) groups is 1. The fraction of sp³-hybridized carbons (Fsp3) is 0.154. The summed E-state index contributed by atoms with van der Waals surface area (Å²) in [6.07, 6.45) is 0.858. The Kier molecular flexibility index (Phi) is 3.44. The summed E-state index contributed by atoms with van der Waals surface area (Å²) in [6.45, 7) is 2.04. The van der Waals surface area contributed by atoms with E-state index in [0.717, 1.165) is 16.9 Å². The van der Waals surface area contributed by atoms with Crippen LogP contribution in [-0.2, 0) is 6.42 Å². The number of rotatable bonds is 3. The molecule has 17 heavy (non-hydrogen) atoms. The first-order valence-corrected chi connectivity index (χ1v) is 6.32. The molecule has 4 heteroatoms. The zero-order valence-electron chi connectivity index (χ0n) is 9.57. The first-order valence-electron chi connectivity index (χ1n) is 5.44. The number of carbonyl (C=O) groups excluding carboxylic acids is 1. The predicted molar refractivity (Wildman–Crippen MR) is 72.5 cm³/mol. The van der Waals surface area contributed by atoms with Crippen LogP contribution in [0.4, 0.5) is 11.4 Å². The van der Waals surface area contributed by atoms with Crippen molar-refractivity contribution in [2.24, 2.45) is 0 Å². The smallest absolute Gasteiger partial charge is 0.266 e. The molecular formula is C13H14N2OS.